The zero-order chi connectivity index (χ0) is 13.4. The van der Waals surface area contributed by atoms with Gasteiger partial charge >= 0.3 is 0 Å². The van der Waals surface area contributed by atoms with Crippen molar-refractivity contribution in [3.05, 3.63) is 18.0 Å². The Balaban J connectivity index is 2.39. The molecule has 0 amide bonds. The average Bonchev–Trinajstić information content (AvgIpc) is 2.71. The number of aryl methyl sites for hydroxylation is 1. The molecule has 0 aliphatic heterocycles. The van der Waals surface area contributed by atoms with Crippen molar-refractivity contribution < 1.29 is 0 Å². The summed E-state index contributed by atoms with van der Waals surface area (Å²) in [6.45, 7) is 7.88. The van der Waals surface area contributed by atoms with Gasteiger partial charge in [-0.05, 0) is 36.6 Å². The Morgan fingerprint density at radius 3 is 2.72 bits per heavy atom. The van der Waals surface area contributed by atoms with E-state index in [1.54, 1.807) is 0 Å². The minimum absolute atomic E-state index is 0.567. The third kappa shape index (κ3) is 6.45. The molecule has 18 heavy (non-hydrogen) atoms. The highest BCUT2D eigenvalue weighted by Crippen LogP contribution is 2.12. The highest BCUT2D eigenvalue weighted by molar-refractivity contribution is 7.99. The van der Waals surface area contributed by atoms with Gasteiger partial charge in [-0.3, -0.25) is 4.68 Å². The molecule has 1 unspecified atom stereocenters. The van der Waals surface area contributed by atoms with E-state index >= 15 is 0 Å². The smallest absolute Gasteiger partial charge is 0.0522 e. The lowest BCUT2D eigenvalue weighted by Gasteiger charge is -2.18. The fraction of sp³-hybridized carbons (Fsp3) is 0.786. The Labute approximate surface area is 116 Å². The van der Waals surface area contributed by atoms with Crippen LogP contribution in [0.25, 0.3) is 0 Å². The van der Waals surface area contributed by atoms with Gasteiger partial charge in [-0.1, -0.05) is 20.8 Å². The van der Waals surface area contributed by atoms with E-state index < -0.39 is 0 Å². The van der Waals surface area contributed by atoms with E-state index in [0.29, 0.717) is 6.04 Å². The number of hydrogen-bond donors (Lipinski definition) is 1. The summed E-state index contributed by atoms with van der Waals surface area (Å²) in [5.74, 6) is 3.21. The second kappa shape index (κ2) is 8.59. The molecule has 1 aromatic rings. The van der Waals surface area contributed by atoms with E-state index in [0.717, 1.165) is 18.9 Å². The number of thioether (sulfide) groups is 1. The van der Waals surface area contributed by atoms with Gasteiger partial charge in [0.1, 0.15) is 0 Å². The standard InChI is InChI=1S/C14H27N3S/c1-5-6-15-14(11-18-10-12(2)3)7-13-8-16-17(4)9-13/h8-9,12,14-15H,5-7,10-11H2,1-4H3. The Hall–Kier alpha value is -0.480. The molecule has 0 aliphatic carbocycles. The van der Waals surface area contributed by atoms with E-state index in [9.17, 15) is 0 Å². The molecule has 0 saturated carbocycles. The molecule has 104 valence electrons. The first-order valence-corrected chi connectivity index (χ1v) is 8.06. The molecule has 0 aliphatic rings. The summed E-state index contributed by atoms with van der Waals surface area (Å²) in [5, 5.41) is 7.88. The molecule has 0 bridgehead atoms. The van der Waals surface area contributed by atoms with Gasteiger partial charge in [0.15, 0.2) is 0 Å². The van der Waals surface area contributed by atoms with Crippen LogP contribution in [0.4, 0.5) is 0 Å². The van der Waals surface area contributed by atoms with E-state index in [1.807, 2.05) is 17.9 Å². The van der Waals surface area contributed by atoms with Crippen LogP contribution in [0.15, 0.2) is 12.4 Å². The van der Waals surface area contributed by atoms with Crippen LogP contribution in [0.3, 0.4) is 0 Å². The molecular formula is C14H27N3S. The highest BCUT2D eigenvalue weighted by atomic mass is 32.2. The van der Waals surface area contributed by atoms with Gasteiger partial charge in [-0.2, -0.15) is 16.9 Å². The van der Waals surface area contributed by atoms with E-state index in [-0.39, 0.29) is 0 Å². The van der Waals surface area contributed by atoms with Crippen molar-refractivity contribution in [3.8, 4) is 0 Å². The maximum absolute atomic E-state index is 4.24. The highest BCUT2D eigenvalue weighted by Gasteiger charge is 2.10. The molecule has 0 aromatic carbocycles. The van der Waals surface area contributed by atoms with Crippen LogP contribution < -0.4 is 5.32 Å². The van der Waals surface area contributed by atoms with E-state index in [2.05, 4.69) is 49.1 Å². The summed E-state index contributed by atoms with van der Waals surface area (Å²) >= 11 is 2.06. The van der Waals surface area contributed by atoms with Gasteiger partial charge < -0.3 is 5.32 Å². The van der Waals surface area contributed by atoms with Crippen LogP contribution in [0.2, 0.25) is 0 Å². The van der Waals surface area contributed by atoms with Gasteiger partial charge in [-0.25, -0.2) is 0 Å². The summed E-state index contributed by atoms with van der Waals surface area (Å²) in [4.78, 5) is 0. The molecule has 4 heteroatoms. The molecular weight excluding hydrogens is 242 g/mol. The lowest BCUT2D eigenvalue weighted by atomic mass is 10.1. The third-order valence-electron chi connectivity index (χ3n) is 2.69. The minimum Gasteiger partial charge on any atom is -0.313 e. The molecule has 1 atom stereocenters. The Kier molecular flexibility index (Phi) is 7.44. The molecule has 1 rings (SSSR count). The molecule has 0 spiro atoms. The molecule has 1 aromatic heterocycles. The van der Waals surface area contributed by atoms with Crippen LogP contribution in [0.1, 0.15) is 32.8 Å². The summed E-state index contributed by atoms with van der Waals surface area (Å²) in [7, 11) is 1.98. The molecule has 1 N–H and O–H groups in total. The maximum Gasteiger partial charge on any atom is 0.0522 e. The van der Waals surface area contributed by atoms with Crippen LogP contribution >= 0.6 is 11.8 Å². The first kappa shape index (κ1) is 15.6. The van der Waals surface area contributed by atoms with Gasteiger partial charge in [-0.15, -0.1) is 0 Å². The zero-order valence-corrected chi connectivity index (χ0v) is 13.0. The second-order valence-electron chi connectivity index (χ2n) is 5.31. The Morgan fingerprint density at radius 1 is 1.39 bits per heavy atom. The number of hydrogen-bond acceptors (Lipinski definition) is 3. The SMILES string of the molecule is CCCNC(CSCC(C)C)Cc1cnn(C)c1. The number of rotatable bonds is 9. The fourth-order valence-electron chi connectivity index (χ4n) is 1.85. The Morgan fingerprint density at radius 2 is 2.17 bits per heavy atom. The lowest BCUT2D eigenvalue weighted by Crippen LogP contribution is -2.34. The number of nitrogens with zero attached hydrogens (tertiary/aromatic N) is 2. The largest absolute Gasteiger partial charge is 0.313 e. The monoisotopic (exact) mass is 269 g/mol. The predicted octanol–water partition coefficient (Wildman–Crippen LogP) is 2.72. The van der Waals surface area contributed by atoms with Crippen LogP contribution in [0, 0.1) is 5.92 Å². The van der Waals surface area contributed by atoms with Gasteiger partial charge in [0.05, 0.1) is 6.20 Å². The maximum atomic E-state index is 4.24. The minimum atomic E-state index is 0.567. The van der Waals surface area contributed by atoms with Crippen molar-refractivity contribution in [2.75, 3.05) is 18.1 Å². The van der Waals surface area contributed by atoms with Crippen molar-refractivity contribution in [1.82, 2.24) is 15.1 Å². The van der Waals surface area contributed by atoms with Crippen molar-refractivity contribution in [1.29, 1.82) is 0 Å². The summed E-state index contributed by atoms with van der Waals surface area (Å²) in [6.07, 6.45) is 6.37. The van der Waals surface area contributed by atoms with Crippen molar-refractivity contribution >= 4 is 11.8 Å². The quantitative estimate of drug-likeness (QED) is 0.747. The third-order valence-corrected chi connectivity index (χ3v) is 4.23. The van der Waals surface area contributed by atoms with Crippen LogP contribution in [0.5, 0.6) is 0 Å². The van der Waals surface area contributed by atoms with Gasteiger partial charge in [0.2, 0.25) is 0 Å². The lowest BCUT2D eigenvalue weighted by molar-refractivity contribution is 0.549. The number of nitrogens with one attached hydrogen (secondary N) is 1. The average molecular weight is 269 g/mol. The molecule has 0 fully saturated rings. The van der Waals surface area contributed by atoms with Crippen molar-refractivity contribution in [3.63, 3.8) is 0 Å². The number of aromatic nitrogens is 2. The predicted molar refractivity (Wildman–Crippen MR) is 81.2 cm³/mol. The first-order valence-electron chi connectivity index (χ1n) is 6.90. The molecule has 0 saturated heterocycles. The topological polar surface area (TPSA) is 29.9 Å². The Bertz CT molecular complexity index is 323. The molecule has 3 nitrogen and oxygen atoms in total. The molecule has 1 heterocycles. The summed E-state index contributed by atoms with van der Waals surface area (Å²) in [5.41, 5.74) is 1.33. The fourth-order valence-corrected chi connectivity index (χ4v) is 2.97. The summed E-state index contributed by atoms with van der Waals surface area (Å²) < 4.78 is 1.88. The van der Waals surface area contributed by atoms with E-state index in [4.69, 9.17) is 0 Å². The normalized spacial score (nSPS) is 13.2. The van der Waals surface area contributed by atoms with Gasteiger partial charge in [0, 0.05) is 25.0 Å². The van der Waals surface area contributed by atoms with Crippen LogP contribution in [-0.2, 0) is 13.5 Å². The molecule has 0 radical (unpaired) electrons. The first-order chi connectivity index (χ1) is 8.61. The zero-order valence-electron chi connectivity index (χ0n) is 12.1. The van der Waals surface area contributed by atoms with Crippen molar-refractivity contribution in [2.24, 2.45) is 13.0 Å². The summed E-state index contributed by atoms with van der Waals surface area (Å²) in [6, 6.07) is 0.567. The van der Waals surface area contributed by atoms with Crippen LogP contribution in [-0.4, -0.2) is 33.9 Å². The van der Waals surface area contributed by atoms with Gasteiger partial charge in [0.25, 0.3) is 0 Å². The van der Waals surface area contributed by atoms with Crippen molar-refractivity contribution in [2.45, 2.75) is 39.7 Å². The van der Waals surface area contributed by atoms with E-state index in [1.165, 1.54) is 23.5 Å². The second-order valence-corrected chi connectivity index (χ2v) is 6.38.